The molecule has 35 heavy (non-hydrogen) atoms. The lowest BCUT2D eigenvalue weighted by molar-refractivity contribution is 0.155. The van der Waals surface area contributed by atoms with E-state index in [0.29, 0.717) is 24.0 Å². The lowest BCUT2D eigenvalue weighted by atomic mass is 9.71. The van der Waals surface area contributed by atoms with Crippen LogP contribution in [0.3, 0.4) is 0 Å². The van der Waals surface area contributed by atoms with Gasteiger partial charge in [0.05, 0.1) is 6.61 Å². The zero-order valence-electron chi connectivity index (χ0n) is 22.0. The molecule has 4 rings (SSSR count). The number of allylic oxidation sites excluding steroid dienone is 4. The van der Waals surface area contributed by atoms with Crippen LogP contribution in [0.4, 0.5) is 8.78 Å². The van der Waals surface area contributed by atoms with Gasteiger partial charge in [-0.3, -0.25) is 0 Å². The summed E-state index contributed by atoms with van der Waals surface area (Å²) in [6.45, 7) is 4.81. The van der Waals surface area contributed by atoms with Gasteiger partial charge in [0.2, 0.25) is 5.82 Å². The van der Waals surface area contributed by atoms with Gasteiger partial charge in [0, 0.05) is 0 Å². The van der Waals surface area contributed by atoms with Crippen LogP contribution in [0.2, 0.25) is 0 Å². The highest BCUT2D eigenvalue weighted by atomic mass is 19.2. The molecule has 3 aliphatic rings. The molecule has 0 heterocycles. The van der Waals surface area contributed by atoms with Gasteiger partial charge < -0.3 is 4.74 Å². The lowest BCUT2D eigenvalue weighted by Gasteiger charge is -2.35. The molecule has 2 unspecified atom stereocenters. The number of hydrogen-bond donors (Lipinski definition) is 0. The van der Waals surface area contributed by atoms with Gasteiger partial charge in [0.1, 0.15) is 0 Å². The van der Waals surface area contributed by atoms with Gasteiger partial charge in [-0.2, -0.15) is 4.39 Å². The Labute approximate surface area is 212 Å². The molecule has 2 saturated carbocycles. The molecule has 1 nitrogen and oxygen atoms in total. The smallest absolute Gasteiger partial charge is 0.200 e. The second-order valence-electron chi connectivity index (χ2n) is 11.5. The van der Waals surface area contributed by atoms with Crippen LogP contribution in [0.1, 0.15) is 109 Å². The van der Waals surface area contributed by atoms with E-state index in [1.165, 1.54) is 44.9 Å². The van der Waals surface area contributed by atoms with Crippen LogP contribution < -0.4 is 4.74 Å². The minimum atomic E-state index is -0.795. The maximum absolute atomic E-state index is 14.9. The third-order valence-corrected chi connectivity index (χ3v) is 9.15. The molecule has 0 saturated heterocycles. The average molecular weight is 485 g/mol. The molecule has 0 aliphatic heterocycles. The number of halogens is 2. The Kier molecular flexibility index (Phi) is 9.86. The molecule has 2 atom stereocenters. The summed E-state index contributed by atoms with van der Waals surface area (Å²) in [5.74, 6) is 2.06. The molecule has 0 radical (unpaired) electrons. The first-order valence-electron chi connectivity index (χ1n) is 14.5. The van der Waals surface area contributed by atoms with Crippen molar-refractivity contribution in [3.63, 3.8) is 0 Å². The molecule has 1 aromatic carbocycles. The Morgan fingerprint density at radius 1 is 0.886 bits per heavy atom. The van der Waals surface area contributed by atoms with E-state index >= 15 is 0 Å². The summed E-state index contributed by atoms with van der Waals surface area (Å²) in [6, 6.07) is 3.44. The van der Waals surface area contributed by atoms with Gasteiger partial charge in [0.25, 0.3) is 0 Å². The molecule has 1 aromatic rings. The van der Waals surface area contributed by atoms with E-state index in [1.807, 2.05) is 6.92 Å². The third-order valence-electron chi connectivity index (χ3n) is 9.15. The summed E-state index contributed by atoms with van der Waals surface area (Å²) in [7, 11) is 0. The van der Waals surface area contributed by atoms with Crippen molar-refractivity contribution in [2.75, 3.05) is 6.61 Å². The first kappa shape index (κ1) is 26.4. The highest BCUT2D eigenvalue weighted by molar-refractivity contribution is 5.33. The molecule has 0 aromatic heterocycles. The summed E-state index contributed by atoms with van der Waals surface area (Å²) < 4.78 is 35.6. The predicted octanol–water partition coefficient (Wildman–Crippen LogP) is 9.77. The summed E-state index contributed by atoms with van der Waals surface area (Å²) in [6.07, 6.45) is 24.7. The van der Waals surface area contributed by atoms with Crippen LogP contribution >= 0.6 is 0 Å². The third kappa shape index (κ3) is 6.98. The van der Waals surface area contributed by atoms with E-state index in [1.54, 1.807) is 12.1 Å². The standard InChI is InChI=1S/C32H46F2O/c1-3-5-7-24-8-14-26(15-9-24)27-16-12-25(13-17-27)22-35-30-21-20-29(31(33)32(30)34)28-18-10-23(6-4-2)11-19-28/h4,6,8,14,20-21,23-28H,3,5,7,9-13,15-19,22H2,1-2H3. The zero-order chi connectivity index (χ0) is 24.6. The maximum atomic E-state index is 14.9. The molecule has 3 heteroatoms. The molecule has 0 amide bonds. The van der Waals surface area contributed by atoms with E-state index in [4.69, 9.17) is 4.74 Å². The highest BCUT2D eigenvalue weighted by Crippen LogP contribution is 2.41. The number of rotatable bonds is 9. The van der Waals surface area contributed by atoms with Gasteiger partial charge >= 0.3 is 0 Å². The number of unbranched alkanes of at least 4 members (excludes halogenated alkanes) is 1. The van der Waals surface area contributed by atoms with Crippen molar-refractivity contribution in [2.45, 2.75) is 103 Å². The Morgan fingerprint density at radius 3 is 2.31 bits per heavy atom. The van der Waals surface area contributed by atoms with Crippen LogP contribution in [0, 0.1) is 41.2 Å². The molecular formula is C32H46F2O. The van der Waals surface area contributed by atoms with Crippen LogP contribution in [0.5, 0.6) is 5.75 Å². The van der Waals surface area contributed by atoms with E-state index in [0.717, 1.165) is 56.3 Å². The zero-order valence-corrected chi connectivity index (χ0v) is 22.0. The van der Waals surface area contributed by atoms with Crippen LogP contribution in [-0.4, -0.2) is 6.61 Å². The van der Waals surface area contributed by atoms with Gasteiger partial charge in [-0.05, 0) is 125 Å². The monoisotopic (exact) mass is 484 g/mol. The van der Waals surface area contributed by atoms with Gasteiger partial charge in [-0.1, -0.05) is 50.1 Å². The minimum absolute atomic E-state index is 0.0873. The van der Waals surface area contributed by atoms with Gasteiger partial charge in [0.15, 0.2) is 11.6 Å². The molecule has 3 aliphatic carbocycles. The van der Waals surface area contributed by atoms with Crippen molar-refractivity contribution in [2.24, 2.45) is 29.6 Å². The molecular weight excluding hydrogens is 438 g/mol. The number of benzene rings is 1. The Bertz CT molecular complexity index is 843. The first-order chi connectivity index (χ1) is 17.1. The van der Waals surface area contributed by atoms with Crippen LogP contribution in [0.25, 0.3) is 0 Å². The quantitative estimate of drug-likeness (QED) is 0.317. The average Bonchev–Trinajstić information content (AvgIpc) is 2.90. The fourth-order valence-electron chi connectivity index (χ4n) is 6.86. The number of ether oxygens (including phenoxy) is 1. The lowest BCUT2D eigenvalue weighted by Crippen LogP contribution is -2.25. The number of hydrogen-bond acceptors (Lipinski definition) is 1. The normalized spacial score (nSPS) is 31.7. The molecule has 0 N–H and O–H groups in total. The Hall–Kier alpha value is -1.64. The van der Waals surface area contributed by atoms with E-state index in [9.17, 15) is 8.78 Å². The minimum Gasteiger partial charge on any atom is -0.490 e. The maximum Gasteiger partial charge on any atom is 0.200 e. The van der Waals surface area contributed by atoms with Crippen molar-refractivity contribution in [1.29, 1.82) is 0 Å². The molecule has 0 bridgehead atoms. The second kappa shape index (κ2) is 13.1. The second-order valence-corrected chi connectivity index (χ2v) is 11.5. The van der Waals surface area contributed by atoms with Crippen molar-refractivity contribution in [3.05, 3.63) is 53.6 Å². The fourth-order valence-corrected chi connectivity index (χ4v) is 6.86. The molecule has 2 fully saturated rings. The van der Waals surface area contributed by atoms with Gasteiger partial charge in [-0.15, -0.1) is 0 Å². The van der Waals surface area contributed by atoms with E-state index in [2.05, 4.69) is 31.2 Å². The van der Waals surface area contributed by atoms with Crippen molar-refractivity contribution in [3.8, 4) is 5.75 Å². The highest BCUT2D eigenvalue weighted by Gasteiger charge is 2.29. The Morgan fingerprint density at radius 2 is 1.66 bits per heavy atom. The fraction of sp³-hybridized carbons (Fsp3) is 0.688. The van der Waals surface area contributed by atoms with Crippen molar-refractivity contribution in [1.82, 2.24) is 0 Å². The summed E-state index contributed by atoms with van der Waals surface area (Å²) in [4.78, 5) is 0. The summed E-state index contributed by atoms with van der Waals surface area (Å²) in [5, 5.41) is 0. The summed E-state index contributed by atoms with van der Waals surface area (Å²) in [5.41, 5.74) is 0.534. The van der Waals surface area contributed by atoms with Crippen molar-refractivity contribution >= 4 is 0 Å². The predicted molar refractivity (Wildman–Crippen MR) is 142 cm³/mol. The SMILES string of the molecule is CC=CC1CCC(c2ccc(OCC3CCC(C4C=CC(CCCC)CC4)CC3)c(F)c2F)CC1. The molecule has 0 spiro atoms. The van der Waals surface area contributed by atoms with Gasteiger partial charge in [-0.25, -0.2) is 4.39 Å². The van der Waals surface area contributed by atoms with Crippen molar-refractivity contribution < 1.29 is 13.5 Å². The van der Waals surface area contributed by atoms with Crippen LogP contribution in [0.15, 0.2) is 36.4 Å². The molecule has 194 valence electrons. The Balaban J connectivity index is 1.23. The first-order valence-corrected chi connectivity index (χ1v) is 14.5. The summed E-state index contributed by atoms with van der Waals surface area (Å²) >= 11 is 0. The van der Waals surface area contributed by atoms with Crippen LogP contribution in [-0.2, 0) is 0 Å². The van der Waals surface area contributed by atoms with E-state index < -0.39 is 11.6 Å². The van der Waals surface area contributed by atoms with E-state index in [-0.39, 0.29) is 11.7 Å². The topological polar surface area (TPSA) is 9.23 Å². The largest absolute Gasteiger partial charge is 0.490 e.